The minimum Gasteiger partial charge on any atom is -0.548 e. The van der Waals surface area contributed by atoms with E-state index in [9.17, 15) is 19.5 Å². The van der Waals surface area contributed by atoms with E-state index in [1.54, 1.807) is 48.5 Å². The van der Waals surface area contributed by atoms with Crippen molar-refractivity contribution >= 4 is 29.4 Å². The summed E-state index contributed by atoms with van der Waals surface area (Å²) in [4.78, 5) is 37.0. The Morgan fingerprint density at radius 3 is 2.37 bits per heavy atom. The molecular weight excluding hydrogens is 350 g/mol. The minimum atomic E-state index is -1.52. The first-order chi connectivity index (χ1) is 13.0. The Labute approximate surface area is 155 Å². The van der Waals surface area contributed by atoms with E-state index in [0.717, 1.165) is 0 Å². The molecule has 0 aliphatic carbocycles. The molecule has 0 bridgehead atoms. The maximum Gasteiger partial charge on any atom is 0.261 e. The van der Waals surface area contributed by atoms with Gasteiger partial charge in [0.05, 0.1) is 26.7 Å². The van der Waals surface area contributed by atoms with E-state index in [2.05, 4.69) is 0 Å². The molecule has 2 aromatic carbocycles. The number of ether oxygens (including phenoxy) is 2. The second-order valence-electron chi connectivity index (χ2n) is 5.78. The number of carboxylic acids is 1. The van der Waals surface area contributed by atoms with E-state index >= 15 is 0 Å². The summed E-state index contributed by atoms with van der Waals surface area (Å²) >= 11 is 0. The fraction of sp³-hybridized carbons (Fsp3) is 0.150. The van der Waals surface area contributed by atoms with Gasteiger partial charge in [0, 0.05) is 22.8 Å². The molecule has 0 fully saturated rings. The van der Waals surface area contributed by atoms with Crippen LogP contribution >= 0.6 is 0 Å². The number of aliphatic carboxylic acids is 1. The number of methoxy groups -OCH3 is 2. The lowest BCUT2D eigenvalue weighted by molar-refractivity contribution is -0.305. The molecule has 3 rings (SSSR count). The summed E-state index contributed by atoms with van der Waals surface area (Å²) in [5, 5.41) is 11.0. The van der Waals surface area contributed by atoms with Crippen LogP contribution in [0.15, 0.2) is 42.5 Å². The average molecular weight is 366 g/mol. The molecule has 138 valence electrons. The summed E-state index contributed by atoms with van der Waals surface area (Å²) in [6.45, 7) is -0.816. The molecule has 1 aliphatic rings. The zero-order valence-electron chi connectivity index (χ0n) is 14.7. The van der Waals surface area contributed by atoms with Crippen molar-refractivity contribution in [3.63, 3.8) is 0 Å². The second-order valence-corrected chi connectivity index (χ2v) is 5.78. The Morgan fingerprint density at radius 1 is 1.04 bits per heavy atom. The molecule has 0 radical (unpaired) electrons. The molecule has 2 aromatic rings. The fourth-order valence-electron chi connectivity index (χ4n) is 2.91. The topological polar surface area (TPSA) is 96.0 Å². The van der Waals surface area contributed by atoms with Crippen LogP contribution in [0.1, 0.15) is 21.5 Å². The van der Waals surface area contributed by atoms with Gasteiger partial charge in [-0.05, 0) is 29.8 Å². The lowest BCUT2D eigenvalue weighted by Crippen LogP contribution is -2.47. The normalized spacial score (nSPS) is 14.9. The van der Waals surface area contributed by atoms with E-state index < -0.39 is 24.3 Å². The van der Waals surface area contributed by atoms with Gasteiger partial charge in [0.2, 0.25) is 0 Å². The molecule has 7 nitrogen and oxygen atoms in total. The van der Waals surface area contributed by atoms with Gasteiger partial charge in [-0.2, -0.15) is 0 Å². The van der Waals surface area contributed by atoms with Crippen LogP contribution in [-0.2, 0) is 9.59 Å². The molecular formula is C20H16NO6-. The van der Waals surface area contributed by atoms with E-state index in [4.69, 9.17) is 9.47 Å². The number of nitrogens with zero attached hydrogens (tertiary/aromatic N) is 1. The highest BCUT2D eigenvalue weighted by Crippen LogP contribution is 2.33. The van der Waals surface area contributed by atoms with Crippen LogP contribution in [0.5, 0.6) is 11.5 Å². The first kappa shape index (κ1) is 18.2. The molecule has 0 spiro atoms. The van der Waals surface area contributed by atoms with E-state index in [-0.39, 0.29) is 11.1 Å². The molecule has 0 unspecified atom stereocenters. The molecule has 0 N–H and O–H groups in total. The fourth-order valence-corrected chi connectivity index (χ4v) is 2.91. The lowest BCUT2D eigenvalue weighted by atomic mass is 9.92. The van der Waals surface area contributed by atoms with Crippen molar-refractivity contribution in [2.45, 2.75) is 0 Å². The summed E-state index contributed by atoms with van der Waals surface area (Å²) in [6.07, 6.45) is 1.56. The number of amides is 2. The Morgan fingerprint density at radius 2 is 1.74 bits per heavy atom. The molecule has 0 saturated carbocycles. The first-order valence-electron chi connectivity index (χ1n) is 8.05. The molecule has 7 heteroatoms. The average Bonchev–Trinajstić information content (AvgIpc) is 2.68. The van der Waals surface area contributed by atoms with Crippen molar-refractivity contribution in [2.24, 2.45) is 0 Å². The van der Waals surface area contributed by atoms with Gasteiger partial charge >= 0.3 is 0 Å². The number of carbonyl (C=O) groups excluding carboxylic acids is 3. The Balaban J connectivity index is 2.17. The third-order valence-electron chi connectivity index (χ3n) is 4.20. The SMILES string of the molecule is COc1ccc(/C=C2\C(=O)N(CC(=O)[O-])C(=O)c3ccccc32)c(OC)c1. The van der Waals surface area contributed by atoms with Crippen molar-refractivity contribution in [3.8, 4) is 11.5 Å². The summed E-state index contributed by atoms with van der Waals surface area (Å²) in [5.74, 6) is -1.84. The zero-order valence-corrected chi connectivity index (χ0v) is 14.7. The Kier molecular flexibility index (Phi) is 4.94. The molecule has 0 atom stereocenters. The molecule has 1 heterocycles. The van der Waals surface area contributed by atoms with Gasteiger partial charge in [-0.15, -0.1) is 0 Å². The predicted octanol–water partition coefficient (Wildman–Crippen LogP) is 0.977. The molecule has 0 aromatic heterocycles. The number of carbonyl (C=O) groups is 3. The summed E-state index contributed by atoms with van der Waals surface area (Å²) in [7, 11) is 3.01. The molecule has 1 aliphatic heterocycles. The van der Waals surface area contributed by atoms with Gasteiger partial charge in [0.25, 0.3) is 11.8 Å². The van der Waals surface area contributed by atoms with Gasteiger partial charge in [0.15, 0.2) is 0 Å². The number of benzene rings is 2. The van der Waals surface area contributed by atoms with Crippen LogP contribution in [0.2, 0.25) is 0 Å². The highest BCUT2D eigenvalue weighted by atomic mass is 16.5. The quantitative estimate of drug-likeness (QED) is 0.578. The van der Waals surface area contributed by atoms with Crippen LogP contribution in [-0.4, -0.2) is 43.4 Å². The van der Waals surface area contributed by atoms with Gasteiger partial charge in [-0.1, -0.05) is 18.2 Å². The molecule has 2 amide bonds. The van der Waals surface area contributed by atoms with Crippen LogP contribution in [0, 0.1) is 0 Å². The third kappa shape index (κ3) is 3.39. The van der Waals surface area contributed by atoms with E-state index in [1.165, 1.54) is 14.2 Å². The van der Waals surface area contributed by atoms with Crippen LogP contribution in [0.3, 0.4) is 0 Å². The first-order valence-corrected chi connectivity index (χ1v) is 8.05. The summed E-state index contributed by atoms with van der Waals surface area (Å²) in [6, 6.07) is 11.6. The Bertz CT molecular complexity index is 963. The van der Waals surface area contributed by atoms with Crippen molar-refractivity contribution in [1.29, 1.82) is 0 Å². The maximum absolute atomic E-state index is 12.8. The maximum atomic E-state index is 12.8. The number of imide groups is 1. The van der Waals surface area contributed by atoms with Crippen LogP contribution < -0.4 is 14.6 Å². The van der Waals surface area contributed by atoms with Gasteiger partial charge in [-0.3, -0.25) is 14.5 Å². The summed E-state index contributed by atoms with van der Waals surface area (Å²) < 4.78 is 10.5. The number of hydrogen-bond donors (Lipinski definition) is 0. The standard InChI is InChI=1S/C20H17NO6/c1-26-13-8-7-12(17(10-13)27-2)9-16-14-5-3-4-6-15(14)19(24)21(20(16)25)11-18(22)23/h3-10H,11H2,1-2H3,(H,22,23)/p-1/b16-9-. The van der Waals surface area contributed by atoms with Crippen molar-refractivity contribution in [3.05, 3.63) is 59.2 Å². The number of hydrogen-bond acceptors (Lipinski definition) is 6. The van der Waals surface area contributed by atoms with Crippen molar-refractivity contribution in [2.75, 3.05) is 20.8 Å². The van der Waals surface area contributed by atoms with Crippen molar-refractivity contribution < 1.29 is 29.0 Å². The largest absolute Gasteiger partial charge is 0.548 e. The molecule has 0 saturated heterocycles. The zero-order chi connectivity index (χ0) is 19.6. The third-order valence-corrected chi connectivity index (χ3v) is 4.20. The van der Waals surface area contributed by atoms with Gasteiger partial charge in [-0.25, -0.2) is 0 Å². The number of rotatable bonds is 5. The lowest BCUT2D eigenvalue weighted by Gasteiger charge is -2.29. The van der Waals surface area contributed by atoms with Crippen LogP contribution in [0.4, 0.5) is 0 Å². The smallest absolute Gasteiger partial charge is 0.261 e. The highest BCUT2D eigenvalue weighted by Gasteiger charge is 2.34. The Hall–Kier alpha value is -3.61. The van der Waals surface area contributed by atoms with Crippen molar-refractivity contribution in [1.82, 2.24) is 4.90 Å². The van der Waals surface area contributed by atoms with Gasteiger partial charge in [0.1, 0.15) is 11.5 Å². The predicted molar refractivity (Wildman–Crippen MR) is 94.9 cm³/mol. The number of carboxylic acid groups (broad SMARTS) is 1. The highest BCUT2D eigenvalue weighted by molar-refractivity contribution is 6.34. The second kappa shape index (κ2) is 7.33. The monoisotopic (exact) mass is 366 g/mol. The number of fused-ring (bicyclic) bond motifs is 1. The minimum absolute atomic E-state index is 0.190. The van der Waals surface area contributed by atoms with E-state index in [1.807, 2.05) is 0 Å². The summed E-state index contributed by atoms with van der Waals surface area (Å²) in [5.41, 5.74) is 1.45. The van der Waals surface area contributed by atoms with Crippen LogP contribution in [0.25, 0.3) is 11.6 Å². The molecule has 27 heavy (non-hydrogen) atoms. The van der Waals surface area contributed by atoms with E-state index in [0.29, 0.717) is 27.5 Å². The van der Waals surface area contributed by atoms with Gasteiger partial charge < -0.3 is 19.4 Å².